The first-order valence-corrected chi connectivity index (χ1v) is 9.34. The molecule has 7 heteroatoms. The lowest BCUT2D eigenvalue weighted by molar-refractivity contribution is 0.0501. The number of hydrogen-bond acceptors (Lipinski definition) is 4. The van der Waals surface area contributed by atoms with Gasteiger partial charge in [0.15, 0.2) is 0 Å². The van der Waals surface area contributed by atoms with Crippen molar-refractivity contribution in [2.24, 2.45) is 5.92 Å². The summed E-state index contributed by atoms with van der Waals surface area (Å²) >= 11 is 0. The molecule has 0 aromatic carbocycles. The third-order valence-electron chi connectivity index (χ3n) is 4.19. The number of ether oxygens (including phenoxy) is 1. The van der Waals surface area contributed by atoms with E-state index in [0.29, 0.717) is 31.0 Å². The highest BCUT2D eigenvalue weighted by Crippen LogP contribution is 2.16. The van der Waals surface area contributed by atoms with E-state index in [1.165, 1.54) is 0 Å². The minimum atomic E-state index is -0.559. The number of aromatic nitrogens is 2. The van der Waals surface area contributed by atoms with Crippen LogP contribution in [0.4, 0.5) is 4.79 Å². The van der Waals surface area contributed by atoms with Crippen LogP contribution in [0.25, 0.3) is 0 Å². The van der Waals surface area contributed by atoms with E-state index in [0.717, 1.165) is 12.1 Å². The maximum Gasteiger partial charge on any atom is 0.407 e. The first kappa shape index (κ1) is 22.0. The van der Waals surface area contributed by atoms with Crippen molar-refractivity contribution in [1.29, 1.82) is 0 Å². The van der Waals surface area contributed by atoms with Crippen LogP contribution >= 0.6 is 0 Å². The molecule has 1 rings (SSSR count). The van der Waals surface area contributed by atoms with Gasteiger partial charge in [0.25, 0.3) is 5.91 Å². The molecule has 0 saturated carbocycles. The number of hydrogen-bond donors (Lipinski definition) is 3. The quantitative estimate of drug-likeness (QED) is 0.657. The van der Waals surface area contributed by atoms with Crippen LogP contribution in [0.5, 0.6) is 0 Å². The van der Waals surface area contributed by atoms with E-state index < -0.39 is 17.2 Å². The van der Waals surface area contributed by atoms with Crippen molar-refractivity contribution in [2.45, 2.75) is 78.9 Å². The summed E-state index contributed by atoms with van der Waals surface area (Å²) in [6.45, 7) is 13.9. The van der Waals surface area contributed by atoms with Gasteiger partial charge in [-0.15, -0.1) is 0 Å². The summed E-state index contributed by atoms with van der Waals surface area (Å²) in [5.41, 5.74) is 0.196. The van der Waals surface area contributed by atoms with Crippen LogP contribution in [0.3, 0.4) is 0 Å². The highest BCUT2D eigenvalue weighted by Gasteiger charge is 2.30. The SMILES string of the molecule is CCC(CC)(CNC(=O)OC(C)(C)C)NC(=O)c1cc(CC(C)C)[nH]n1. The molecule has 1 aromatic heterocycles. The Kier molecular flexibility index (Phi) is 7.66. The fraction of sp³-hybridized carbons (Fsp3) is 0.737. The van der Waals surface area contributed by atoms with Crippen molar-refractivity contribution >= 4 is 12.0 Å². The molecule has 2 amide bonds. The van der Waals surface area contributed by atoms with Gasteiger partial charge in [0.05, 0.1) is 5.54 Å². The first-order chi connectivity index (χ1) is 12.0. The number of amides is 2. The van der Waals surface area contributed by atoms with Crippen LogP contribution < -0.4 is 10.6 Å². The number of carbonyl (C=O) groups excluding carboxylic acids is 2. The lowest BCUT2D eigenvalue weighted by atomic mass is 9.92. The molecule has 1 aromatic rings. The van der Waals surface area contributed by atoms with Crippen LogP contribution in [-0.4, -0.2) is 39.9 Å². The van der Waals surface area contributed by atoms with Crippen molar-refractivity contribution in [2.75, 3.05) is 6.54 Å². The average molecular weight is 367 g/mol. The Hall–Kier alpha value is -2.05. The van der Waals surface area contributed by atoms with Crippen LogP contribution in [0.2, 0.25) is 0 Å². The number of nitrogens with zero attached hydrogens (tertiary/aromatic N) is 1. The zero-order chi connectivity index (χ0) is 20.0. The number of H-pyrrole nitrogens is 1. The lowest BCUT2D eigenvalue weighted by Gasteiger charge is -2.33. The molecule has 0 bridgehead atoms. The summed E-state index contributed by atoms with van der Waals surface area (Å²) in [7, 11) is 0. The smallest absolute Gasteiger partial charge is 0.407 e. The number of rotatable bonds is 8. The molecule has 0 aliphatic carbocycles. The van der Waals surface area contributed by atoms with E-state index in [1.54, 1.807) is 6.07 Å². The molecule has 0 saturated heterocycles. The largest absolute Gasteiger partial charge is 0.444 e. The molecule has 0 spiro atoms. The second-order valence-corrected chi connectivity index (χ2v) is 8.17. The highest BCUT2D eigenvalue weighted by atomic mass is 16.6. The molecule has 0 fully saturated rings. The molecule has 26 heavy (non-hydrogen) atoms. The molecule has 0 unspecified atom stereocenters. The molecular formula is C19H34N4O3. The summed E-state index contributed by atoms with van der Waals surface area (Å²) in [6.07, 6.45) is 1.70. The maximum absolute atomic E-state index is 12.6. The van der Waals surface area contributed by atoms with E-state index in [-0.39, 0.29) is 5.91 Å². The van der Waals surface area contributed by atoms with Gasteiger partial charge in [0.2, 0.25) is 0 Å². The third-order valence-corrected chi connectivity index (χ3v) is 4.19. The molecule has 3 N–H and O–H groups in total. The van der Waals surface area contributed by atoms with E-state index in [1.807, 2.05) is 34.6 Å². The van der Waals surface area contributed by atoms with Gasteiger partial charge in [-0.2, -0.15) is 5.10 Å². The summed E-state index contributed by atoms with van der Waals surface area (Å²) in [5.74, 6) is 0.237. The van der Waals surface area contributed by atoms with Gasteiger partial charge < -0.3 is 15.4 Å². The summed E-state index contributed by atoms with van der Waals surface area (Å²) in [5, 5.41) is 12.8. The van der Waals surface area contributed by atoms with Gasteiger partial charge in [0.1, 0.15) is 11.3 Å². The van der Waals surface area contributed by atoms with Crippen molar-refractivity contribution in [3.63, 3.8) is 0 Å². The zero-order valence-electron chi connectivity index (χ0n) is 17.2. The van der Waals surface area contributed by atoms with Gasteiger partial charge in [-0.1, -0.05) is 27.7 Å². The number of aromatic amines is 1. The second-order valence-electron chi connectivity index (χ2n) is 8.17. The van der Waals surface area contributed by atoms with Crippen molar-refractivity contribution in [3.8, 4) is 0 Å². The summed E-state index contributed by atoms with van der Waals surface area (Å²) < 4.78 is 5.27. The standard InChI is InChI=1S/C19H34N4O3/c1-8-19(9-2,12-20-17(25)26-18(5,6)7)21-16(24)15-11-14(22-23-15)10-13(3)4/h11,13H,8-10,12H2,1-7H3,(H,20,25)(H,21,24)(H,22,23). The number of alkyl carbamates (subject to hydrolysis) is 1. The lowest BCUT2D eigenvalue weighted by Crippen LogP contribution is -2.55. The van der Waals surface area contributed by atoms with Crippen LogP contribution in [0.1, 0.15) is 77.5 Å². The second kappa shape index (κ2) is 9.05. The molecule has 0 aliphatic rings. The fourth-order valence-electron chi connectivity index (χ4n) is 2.60. The minimum absolute atomic E-state index is 0.244. The average Bonchev–Trinajstić information content (AvgIpc) is 2.97. The minimum Gasteiger partial charge on any atom is -0.444 e. The van der Waals surface area contributed by atoms with Crippen LogP contribution in [0.15, 0.2) is 6.07 Å². The Balaban J connectivity index is 2.74. The normalized spacial score (nSPS) is 12.2. The Morgan fingerprint density at radius 2 is 1.85 bits per heavy atom. The highest BCUT2D eigenvalue weighted by molar-refractivity contribution is 5.93. The zero-order valence-corrected chi connectivity index (χ0v) is 17.2. The topological polar surface area (TPSA) is 96.1 Å². The van der Waals surface area contributed by atoms with Crippen LogP contribution in [-0.2, 0) is 11.2 Å². The fourth-order valence-corrected chi connectivity index (χ4v) is 2.60. The van der Waals surface area contributed by atoms with E-state index in [4.69, 9.17) is 4.74 Å². The van der Waals surface area contributed by atoms with Gasteiger partial charge in [-0.25, -0.2) is 4.79 Å². The van der Waals surface area contributed by atoms with Gasteiger partial charge in [-0.05, 0) is 52.0 Å². The van der Waals surface area contributed by atoms with Crippen LogP contribution in [0, 0.1) is 5.92 Å². The molecule has 0 aliphatic heterocycles. The van der Waals surface area contributed by atoms with Gasteiger partial charge in [-0.3, -0.25) is 9.89 Å². The van der Waals surface area contributed by atoms with Gasteiger partial charge in [0, 0.05) is 12.2 Å². The predicted molar refractivity (Wildman–Crippen MR) is 102 cm³/mol. The summed E-state index contributed by atoms with van der Waals surface area (Å²) in [6, 6.07) is 1.78. The number of carbonyl (C=O) groups is 2. The third kappa shape index (κ3) is 7.06. The Bertz CT molecular complexity index is 598. The van der Waals surface area contributed by atoms with Crippen molar-refractivity contribution in [3.05, 3.63) is 17.5 Å². The molecule has 0 atom stereocenters. The Morgan fingerprint density at radius 1 is 1.23 bits per heavy atom. The molecule has 1 heterocycles. The van der Waals surface area contributed by atoms with E-state index in [2.05, 4.69) is 34.7 Å². The predicted octanol–water partition coefficient (Wildman–Crippen LogP) is 3.42. The van der Waals surface area contributed by atoms with E-state index >= 15 is 0 Å². The van der Waals surface area contributed by atoms with Gasteiger partial charge >= 0.3 is 6.09 Å². The summed E-state index contributed by atoms with van der Waals surface area (Å²) in [4.78, 5) is 24.5. The maximum atomic E-state index is 12.6. The Morgan fingerprint density at radius 3 is 2.35 bits per heavy atom. The number of nitrogens with one attached hydrogen (secondary N) is 3. The molecule has 7 nitrogen and oxygen atoms in total. The first-order valence-electron chi connectivity index (χ1n) is 9.34. The van der Waals surface area contributed by atoms with Crippen molar-refractivity contribution in [1.82, 2.24) is 20.8 Å². The monoisotopic (exact) mass is 366 g/mol. The molecular weight excluding hydrogens is 332 g/mol. The molecule has 0 radical (unpaired) electrons. The Labute approximate surface area is 156 Å². The molecule has 148 valence electrons. The van der Waals surface area contributed by atoms with E-state index in [9.17, 15) is 9.59 Å². The van der Waals surface area contributed by atoms with Crippen molar-refractivity contribution < 1.29 is 14.3 Å².